The van der Waals surface area contributed by atoms with Gasteiger partial charge in [0, 0.05) is 38.2 Å². The molecule has 1 aromatic carbocycles. The summed E-state index contributed by atoms with van der Waals surface area (Å²) < 4.78 is 2.08. The molecular formula is C12H9IrN2-. The molecule has 15 heavy (non-hydrogen) atoms. The van der Waals surface area contributed by atoms with Crippen LogP contribution in [-0.2, 0) is 20.1 Å². The van der Waals surface area contributed by atoms with Crippen molar-refractivity contribution >= 4 is 16.4 Å². The van der Waals surface area contributed by atoms with Crippen molar-refractivity contribution in [2.75, 3.05) is 0 Å². The molecule has 0 unspecified atom stereocenters. The molecule has 0 amide bonds. The first-order valence-corrected chi connectivity index (χ1v) is 4.59. The predicted molar refractivity (Wildman–Crippen MR) is 56.3 cm³/mol. The van der Waals surface area contributed by atoms with E-state index in [1.165, 1.54) is 11.1 Å². The van der Waals surface area contributed by atoms with Crippen LogP contribution in [0.25, 0.3) is 16.4 Å². The Bertz CT molecular complexity index is 613. The van der Waals surface area contributed by atoms with Crippen molar-refractivity contribution in [3.05, 3.63) is 48.4 Å². The maximum absolute atomic E-state index is 4.34. The monoisotopic (exact) mass is 374 g/mol. The van der Waals surface area contributed by atoms with Gasteiger partial charge in [-0.25, -0.2) is 0 Å². The minimum Gasteiger partial charge on any atom is -0.345 e. The molecular weight excluding hydrogens is 364 g/mol. The summed E-state index contributed by atoms with van der Waals surface area (Å²) in [5, 5.41) is 2.28. The number of rotatable bonds is 0. The van der Waals surface area contributed by atoms with Crippen molar-refractivity contribution in [2.24, 2.45) is 0 Å². The fraction of sp³-hybridized carbons (Fsp3) is 0.0833. The van der Waals surface area contributed by atoms with E-state index in [0.717, 1.165) is 11.0 Å². The molecule has 0 aliphatic rings. The zero-order valence-electron chi connectivity index (χ0n) is 8.19. The molecule has 2 heterocycles. The molecule has 2 aromatic heterocycles. The number of hydrogen-bond donors (Lipinski definition) is 0. The summed E-state index contributed by atoms with van der Waals surface area (Å²) in [6.07, 6.45) is 3.80. The Morgan fingerprint density at radius 3 is 3.13 bits per heavy atom. The summed E-state index contributed by atoms with van der Waals surface area (Å²) in [4.78, 5) is 4.34. The maximum atomic E-state index is 4.34. The van der Waals surface area contributed by atoms with Gasteiger partial charge in [0.25, 0.3) is 0 Å². The molecule has 1 radical (unpaired) electrons. The maximum Gasteiger partial charge on any atom is 0.0605 e. The van der Waals surface area contributed by atoms with Gasteiger partial charge in [-0.2, -0.15) is 0 Å². The fourth-order valence-electron chi connectivity index (χ4n) is 1.83. The molecule has 0 aliphatic heterocycles. The quantitative estimate of drug-likeness (QED) is 0.554. The van der Waals surface area contributed by atoms with Crippen LogP contribution in [0.15, 0.2) is 36.7 Å². The summed E-state index contributed by atoms with van der Waals surface area (Å²) in [5.74, 6) is 0. The van der Waals surface area contributed by atoms with Crippen molar-refractivity contribution in [2.45, 2.75) is 6.92 Å². The number of aromatic nitrogens is 2. The SMILES string of the molecule is Cc1cc2ccc[c-]c2c2nccn12.[Ir]. The van der Waals surface area contributed by atoms with Crippen molar-refractivity contribution in [1.29, 1.82) is 0 Å². The van der Waals surface area contributed by atoms with Crippen LogP contribution >= 0.6 is 0 Å². The second kappa shape index (κ2) is 3.76. The van der Waals surface area contributed by atoms with Crippen LogP contribution < -0.4 is 0 Å². The fourth-order valence-corrected chi connectivity index (χ4v) is 1.83. The van der Waals surface area contributed by atoms with Gasteiger partial charge in [-0.1, -0.05) is 6.07 Å². The molecule has 2 nitrogen and oxygen atoms in total. The summed E-state index contributed by atoms with van der Waals surface area (Å²) in [6, 6.07) is 11.4. The van der Waals surface area contributed by atoms with E-state index < -0.39 is 0 Å². The number of nitrogens with zero attached hydrogens (tertiary/aromatic N) is 2. The number of aryl methyl sites for hydroxylation is 1. The first-order chi connectivity index (χ1) is 6.86. The Labute approximate surface area is 101 Å². The average Bonchev–Trinajstić information content (AvgIpc) is 2.67. The third-order valence-corrected chi connectivity index (χ3v) is 2.50. The van der Waals surface area contributed by atoms with Gasteiger partial charge in [-0.3, -0.25) is 4.98 Å². The molecule has 0 aliphatic carbocycles. The van der Waals surface area contributed by atoms with Crippen LogP contribution in [0.2, 0.25) is 0 Å². The number of imidazole rings is 1. The molecule has 0 fully saturated rings. The average molecular weight is 373 g/mol. The van der Waals surface area contributed by atoms with Gasteiger partial charge in [0.05, 0.1) is 5.65 Å². The van der Waals surface area contributed by atoms with Gasteiger partial charge in [0.1, 0.15) is 0 Å². The first-order valence-electron chi connectivity index (χ1n) is 4.59. The Balaban J connectivity index is 0.000000853. The van der Waals surface area contributed by atoms with Crippen LogP contribution in [0.3, 0.4) is 0 Å². The van der Waals surface area contributed by atoms with E-state index in [4.69, 9.17) is 0 Å². The molecule has 0 saturated carbocycles. The van der Waals surface area contributed by atoms with Crippen LogP contribution in [0, 0.1) is 13.0 Å². The summed E-state index contributed by atoms with van der Waals surface area (Å²) in [5.41, 5.74) is 2.19. The Morgan fingerprint density at radius 2 is 2.27 bits per heavy atom. The van der Waals surface area contributed by atoms with E-state index in [2.05, 4.69) is 34.5 Å². The van der Waals surface area contributed by atoms with Crippen molar-refractivity contribution in [3.63, 3.8) is 0 Å². The Hall–Kier alpha value is -1.18. The molecule has 3 aromatic rings. The van der Waals surface area contributed by atoms with Crippen LogP contribution in [0.5, 0.6) is 0 Å². The second-order valence-electron chi connectivity index (χ2n) is 3.41. The van der Waals surface area contributed by atoms with Crippen LogP contribution in [0.4, 0.5) is 0 Å². The molecule has 3 heteroatoms. The molecule has 3 rings (SSSR count). The van der Waals surface area contributed by atoms with Crippen molar-refractivity contribution < 1.29 is 20.1 Å². The van der Waals surface area contributed by atoms with Crippen molar-refractivity contribution in [1.82, 2.24) is 9.38 Å². The van der Waals surface area contributed by atoms with E-state index in [1.54, 1.807) is 0 Å². The zero-order valence-corrected chi connectivity index (χ0v) is 10.6. The smallest absolute Gasteiger partial charge is 0.0605 e. The van der Waals surface area contributed by atoms with E-state index in [1.807, 2.05) is 24.5 Å². The molecule has 0 saturated heterocycles. The molecule has 77 valence electrons. The summed E-state index contributed by atoms with van der Waals surface area (Å²) >= 11 is 0. The number of fused-ring (bicyclic) bond motifs is 3. The second-order valence-corrected chi connectivity index (χ2v) is 3.41. The van der Waals surface area contributed by atoms with Gasteiger partial charge in [0.15, 0.2) is 0 Å². The Morgan fingerprint density at radius 1 is 1.40 bits per heavy atom. The van der Waals surface area contributed by atoms with Gasteiger partial charge >= 0.3 is 0 Å². The third-order valence-electron chi connectivity index (χ3n) is 2.50. The summed E-state index contributed by atoms with van der Waals surface area (Å²) in [7, 11) is 0. The van der Waals surface area contributed by atoms with Gasteiger partial charge in [0.2, 0.25) is 0 Å². The molecule has 0 atom stereocenters. The molecule has 0 N–H and O–H groups in total. The van der Waals surface area contributed by atoms with E-state index in [9.17, 15) is 0 Å². The van der Waals surface area contributed by atoms with Crippen molar-refractivity contribution in [3.8, 4) is 0 Å². The van der Waals surface area contributed by atoms with Gasteiger partial charge < -0.3 is 4.40 Å². The number of pyridine rings is 1. The van der Waals surface area contributed by atoms with Crippen LogP contribution in [-0.4, -0.2) is 9.38 Å². The van der Waals surface area contributed by atoms with Crippen LogP contribution in [0.1, 0.15) is 5.69 Å². The normalized spacial score (nSPS) is 10.5. The van der Waals surface area contributed by atoms with E-state index >= 15 is 0 Å². The molecule has 0 bridgehead atoms. The Kier molecular flexibility index (Phi) is 2.59. The standard InChI is InChI=1S/C12H9N2.Ir/c1-9-8-10-4-2-3-5-11(10)12-13-6-7-14(9)12;/h2-4,6-8H,1H3;/q-1;. The predicted octanol–water partition coefficient (Wildman–Crippen LogP) is 2.59. The first kappa shape index (κ1) is 10.3. The van der Waals surface area contributed by atoms with Gasteiger partial charge in [-0.15, -0.1) is 35.0 Å². The minimum atomic E-state index is 0. The largest absolute Gasteiger partial charge is 0.345 e. The number of benzene rings is 1. The van der Waals surface area contributed by atoms with E-state index in [0.29, 0.717) is 0 Å². The zero-order chi connectivity index (χ0) is 9.54. The van der Waals surface area contributed by atoms with Gasteiger partial charge in [-0.05, 0) is 6.92 Å². The van der Waals surface area contributed by atoms with E-state index in [-0.39, 0.29) is 20.1 Å². The topological polar surface area (TPSA) is 17.3 Å². The minimum absolute atomic E-state index is 0. The third kappa shape index (κ3) is 1.48. The number of hydrogen-bond acceptors (Lipinski definition) is 1. The molecule has 0 spiro atoms. The summed E-state index contributed by atoms with van der Waals surface area (Å²) in [6.45, 7) is 2.08.